The molecule has 0 unspecified atom stereocenters. The van der Waals surface area contributed by atoms with Crippen LogP contribution in [0.25, 0.3) is 0 Å². The van der Waals surface area contributed by atoms with Crippen LogP contribution in [0.1, 0.15) is 45.4 Å². The van der Waals surface area contributed by atoms with Crippen molar-refractivity contribution in [1.82, 2.24) is 0 Å². The molecule has 0 aromatic rings. The lowest BCUT2D eigenvalue weighted by Crippen LogP contribution is -2.41. The van der Waals surface area contributed by atoms with Crippen molar-refractivity contribution in [2.45, 2.75) is 45.4 Å². The van der Waals surface area contributed by atoms with Gasteiger partial charge in [-0.3, -0.25) is 9.59 Å². The van der Waals surface area contributed by atoms with Crippen LogP contribution in [0.2, 0.25) is 0 Å². The number of hydrogen-bond acceptors (Lipinski definition) is 3. The van der Waals surface area contributed by atoms with Gasteiger partial charge in [0.25, 0.3) is 0 Å². The van der Waals surface area contributed by atoms with Gasteiger partial charge in [0.05, 0.1) is 0 Å². The Morgan fingerprint density at radius 1 is 0.810 bits per heavy atom. The number of fused-ring (bicyclic) bond motifs is 4. The average Bonchev–Trinajstić information content (AvgIpc) is 3.22. The van der Waals surface area contributed by atoms with E-state index >= 15 is 0 Å². The summed E-state index contributed by atoms with van der Waals surface area (Å²) < 4.78 is 0. The zero-order valence-electron chi connectivity index (χ0n) is 12.7. The zero-order valence-corrected chi connectivity index (χ0v) is 12.7. The predicted octanol–water partition coefficient (Wildman–Crippen LogP) is 2.67. The van der Waals surface area contributed by atoms with E-state index in [0.29, 0.717) is 23.7 Å². The minimum absolute atomic E-state index is 0.0392. The molecule has 0 radical (unpaired) electrons. The minimum atomic E-state index is -0.0625. The molecular formula is C18H24O3. The summed E-state index contributed by atoms with van der Waals surface area (Å²) in [6, 6.07) is 0. The van der Waals surface area contributed by atoms with E-state index in [-0.39, 0.29) is 35.2 Å². The first-order valence-corrected chi connectivity index (χ1v) is 8.61. The van der Waals surface area contributed by atoms with E-state index in [1.807, 2.05) is 0 Å². The molecule has 4 bridgehead atoms. The fourth-order valence-electron chi connectivity index (χ4n) is 6.46. The highest BCUT2D eigenvalue weighted by Crippen LogP contribution is 2.58. The van der Waals surface area contributed by atoms with E-state index in [9.17, 15) is 14.4 Å². The van der Waals surface area contributed by atoms with Crippen molar-refractivity contribution in [3.05, 3.63) is 0 Å². The molecule has 0 aromatic heterocycles. The first kappa shape index (κ1) is 13.7. The van der Waals surface area contributed by atoms with Gasteiger partial charge >= 0.3 is 0 Å². The second kappa shape index (κ2) is 4.76. The van der Waals surface area contributed by atoms with Crippen LogP contribution in [-0.4, -0.2) is 17.9 Å². The molecule has 114 valence electrons. The predicted molar refractivity (Wildman–Crippen MR) is 77.4 cm³/mol. The lowest BCUT2D eigenvalue weighted by Gasteiger charge is -2.34. The van der Waals surface area contributed by atoms with Crippen molar-refractivity contribution >= 4 is 17.9 Å². The standard InChI is InChI=1S/C18H24O3/c1-9(20)15-11-4-5-13(7-11)17(15)18(21)16-12-3-2-10(6-12)14(16)8-19/h8,10-17H,2-7H2,1H3/t10-,11+,12+,13-,14+,15-,16-,17+/m0/s1. The highest BCUT2D eigenvalue weighted by atomic mass is 16.1. The third-order valence-corrected chi connectivity index (χ3v) is 7.18. The van der Waals surface area contributed by atoms with E-state index < -0.39 is 0 Å². The van der Waals surface area contributed by atoms with Crippen LogP contribution in [0.4, 0.5) is 0 Å². The van der Waals surface area contributed by atoms with Crippen molar-refractivity contribution < 1.29 is 14.4 Å². The lowest BCUT2D eigenvalue weighted by molar-refractivity contribution is -0.139. The number of hydrogen-bond donors (Lipinski definition) is 0. The van der Waals surface area contributed by atoms with E-state index in [1.54, 1.807) is 6.92 Å². The Bertz CT molecular complexity index is 497. The summed E-state index contributed by atoms with van der Waals surface area (Å²) in [5, 5.41) is 0. The second-order valence-corrected chi connectivity index (χ2v) is 7.97. The molecular weight excluding hydrogens is 264 g/mol. The zero-order chi connectivity index (χ0) is 14.7. The number of carbonyl (C=O) groups is 3. The molecule has 8 atom stereocenters. The fraction of sp³-hybridized carbons (Fsp3) is 0.833. The van der Waals surface area contributed by atoms with Crippen molar-refractivity contribution in [2.75, 3.05) is 0 Å². The SMILES string of the molecule is CC(=O)[C@H]1[C@@H]2CC[C@@H](C2)[C@H]1C(=O)[C@H]1[C@@H]2CC[C@@H](C2)[C@H]1C=O. The van der Waals surface area contributed by atoms with E-state index in [4.69, 9.17) is 0 Å². The molecule has 4 rings (SSSR count). The van der Waals surface area contributed by atoms with Crippen LogP contribution in [0.3, 0.4) is 0 Å². The number of ketones is 2. The van der Waals surface area contributed by atoms with Gasteiger partial charge in [-0.15, -0.1) is 0 Å². The summed E-state index contributed by atoms with van der Waals surface area (Å²) in [6.07, 6.45) is 7.62. The van der Waals surface area contributed by atoms with Gasteiger partial charge in [0.15, 0.2) is 0 Å². The largest absolute Gasteiger partial charge is 0.303 e. The van der Waals surface area contributed by atoms with Gasteiger partial charge in [-0.1, -0.05) is 0 Å². The van der Waals surface area contributed by atoms with Crippen molar-refractivity contribution in [3.8, 4) is 0 Å². The van der Waals surface area contributed by atoms with Gasteiger partial charge in [-0.2, -0.15) is 0 Å². The maximum absolute atomic E-state index is 13.2. The maximum atomic E-state index is 13.2. The first-order valence-electron chi connectivity index (χ1n) is 8.61. The van der Waals surface area contributed by atoms with Gasteiger partial charge in [0, 0.05) is 23.7 Å². The van der Waals surface area contributed by atoms with Gasteiger partial charge in [0.2, 0.25) is 0 Å². The van der Waals surface area contributed by atoms with Crippen molar-refractivity contribution in [3.63, 3.8) is 0 Å². The summed E-state index contributed by atoms with van der Waals surface area (Å²) in [5.74, 6) is 1.99. The summed E-state index contributed by atoms with van der Waals surface area (Å²) in [7, 11) is 0. The Balaban J connectivity index is 1.62. The van der Waals surface area contributed by atoms with Crippen molar-refractivity contribution in [2.24, 2.45) is 47.3 Å². The topological polar surface area (TPSA) is 51.2 Å². The van der Waals surface area contributed by atoms with Gasteiger partial charge in [-0.25, -0.2) is 0 Å². The van der Waals surface area contributed by atoms with Gasteiger partial charge in [-0.05, 0) is 69.1 Å². The minimum Gasteiger partial charge on any atom is -0.303 e. The first-order chi connectivity index (χ1) is 10.1. The van der Waals surface area contributed by atoms with E-state index in [1.165, 1.54) is 0 Å². The van der Waals surface area contributed by atoms with Gasteiger partial charge in [0.1, 0.15) is 17.9 Å². The van der Waals surface area contributed by atoms with Crippen LogP contribution < -0.4 is 0 Å². The number of rotatable bonds is 4. The van der Waals surface area contributed by atoms with Crippen LogP contribution >= 0.6 is 0 Å². The van der Waals surface area contributed by atoms with Crippen LogP contribution in [0.15, 0.2) is 0 Å². The summed E-state index contributed by atoms with van der Waals surface area (Å²) in [5.41, 5.74) is 0. The second-order valence-electron chi connectivity index (χ2n) is 7.97. The molecule has 4 aliphatic rings. The third kappa shape index (κ3) is 1.82. The van der Waals surface area contributed by atoms with E-state index in [2.05, 4.69) is 0 Å². The van der Waals surface area contributed by atoms with Crippen LogP contribution in [0.5, 0.6) is 0 Å². The fourth-order valence-corrected chi connectivity index (χ4v) is 6.46. The molecule has 0 spiro atoms. The molecule has 3 nitrogen and oxygen atoms in total. The Morgan fingerprint density at radius 3 is 1.95 bits per heavy atom. The Kier molecular flexibility index (Phi) is 3.09. The van der Waals surface area contributed by atoms with Crippen LogP contribution in [-0.2, 0) is 14.4 Å². The molecule has 21 heavy (non-hydrogen) atoms. The molecule has 0 N–H and O–H groups in total. The average molecular weight is 288 g/mol. The highest BCUT2D eigenvalue weighted by molar-refractivity contribution is 5.93. The molecule has 4 saturated carbocycles. The number of aldehydes is 1. The number of carbonyl (C=O) groups excluding carboxylic acids is 3. The van der Waals surface area contributed by atoms with Crippen LogP contribution in [0, 0.1) is 47.3 Å². The third-order valence-electron chi connectivity index (χ3n) is 7.18. The Labute approximate surface area is 125 Å². The molecule has 0 amide bonds. The summed E-state index contributed by atoms with van der Waals surface area (Å²) in [4.78, 5) is 36.7. The quantitative estimate of drug-likeness (QED) is 0.747. The Hall–Kier alpha value is -0.990. The maximum Gasteiger partial charge on any atom is 0.141 e. The molecule has 0 saturated heterocycles. The number of Topliss-reactive ketones (excluding diaryl/α,β-unsaturated/α-hetero) is 2. The normalized spacial score (nSPS) is 50.5. The van der Waals surface area contributed by atoms with E-state index in [0.717, 1.165) is 44.8 Å². The lowest BCUT2D eigenvalue weighted by atomic mass is 9.67. The smallest absolute Gasteiger partial charge is 0.141 e. The molecule has 3 heteroatoms. The molecule has 4 fully saturated rings. The molecule has 0 heterocycles. The van der Waals surface area contributed by atoms with Crippen molar-refractivity contribution in [1.29, 1.82) is 0 Å². The molecule has 0 aliphatic heterocycles. The summed E-state index contributed by atoms with van der Waals surface area (Å²) in [6.45, 7) is 1.66. The molecule has 0 aromatic carbocycles. The molecule has 4 aliphatic carbocycles. The highest BCUT2D eigenvalue weighted by Gasteiger charge is 2.58. The van der Waals surface area contributed by atoms with Gasteiger partial charge < -0.3 is 4.79 Å². The Morgan fingerprint density at radius 2 is 1.33 bits per heavy atom. The summed E-state index contributed by atoms with van der Waals surface area (Å²) >= 11 is 0. The monoisotopic (exact) mass is 288 g/mol.